The molecule has 1 heterocycles. The van der Waals surface area contributed by atoms with Crippen LogP contribution in [0.2, 0.25) is 0 Å². The van der Waals surface area contributed by atoms with Gasteiger partial charge in [0.2, 0.25) is 5.95 Å². The van der Waals surface area contributed by atoms with Crippen LogP contribution in [0.3, 0.4) is 0 Å². The van der Waals surface area contributed by atoms with Gasteiger partial charge in [0.1, 0.15) is 6.54 Å². The second kappa shape index (κ2) is 7.39. The average Bonchev–Trinajstić information content (AvgIpc) is 2.36. The predicted molar refractivity (Wildman–Crippen MR) is 62.6 cm³/mol. The molecule has 9 heteroatoms. The molecule has 0 aromatic carbocycles. The molecule has 0 aliphatic carbocycles. The Morgan fingerprint density at radius 3 is 2.47 bits per heavy atom. The van der Waals surface area contributed by atoms with Crippen molar-refractivity contribution < 1.29 is 18.0 Å². The van der Waals surface area contributed by atoms with Crippen LogP contribution >= 0.6 is 0 Å². The van der Waals surface area contributed by atoms with E-state index in [0.717, 1.165) is 0 Å². The number of hydrogen-bond acceptors (Lipinski definition) is 4. The molecule has 1 rings (SSSR count). The van der Waals surface area contributed by atoms with Crippen LogP contribution in [0.25, 0.3) is 0 Å². The molecule has 0 atom stereocenters. The molecule has 0 unspecified atom stereocenters. The summed E-state index contributed by atoms with van der Waals surface area (Å²) in [6, 6.07) is 0.839. The van der Waals surface area contributed by atoms with Crippen LogP contribution < -0.4 is 16.0 Å². The Hall–Kier alpha value is -2.06. The monoisotopic (exact) mass is 277 g/mol. The van der Waals surface area contributed by atoms with Crippen LogP contribution in [0.15, 0.2) is 18.5 Å². The zero-order chi connectivity index (χ0) is 14.1. The molecule has 3 N–H and O–H groups in total. The maximum absolute atomic E-state index is 11.8. The fraction of sp³-hybridized carbons (Fsp3) is 0.500. The van der Waals surface area contributed by atoms with Gasteiger partial charge in [0, 0.05) is 25.5 Å². The van der Waals surface area contributed by atoms with E-state index in [2.05, 4.69) is 20.6 Å². The minimum atomic E-state index is -4.40. The van der Waals surface area contributed by atoms with Gasteiger partial charge in [0.05, 0.1) is 0 Å². The van der Waals surface area contributed by atoms with Gasteiger partial charge in [-0.1, -0.05) is 0 Å². The molecule has 6 nitrogen and oxygen atoms in total. The lowest BCUT2D eigenvalue weighted by Crippen LogP contribution is -2.41. The molecule has 19 heavy (non-hydrogen) atoms. The van der Waals surface area contributed by atoms with Gasteiger partial charge in [0.25, 0.3) is 0 Å². The molecule has 0 spiro atoms. The van der Waals surface area contributed by atoms with E-state index < -0.39 is 18.8 Å². The maximum Gasteiger partial charge on any atom is 0.405 e. The quantitative estimate of drug-likeness (QED) is 0.681. The molecule has 1 aromatic heterocycles. The Bertz CT molecular complexity index is 385. The SMILES string of the molecule is O=C(NCCCNc1ncccn1)NCC(F)(F)F. The lowest BCUT2D eigenvalue weighted by Gasteiger charge is -2.09. The standard InChI is InChI=1S/C10H14F3N5O/c11-10(12,13)7-18-9(19)17-6-2-5-16-8-14-3-1-4-15-8/h1,3-4H,2,5-7H2,(H,14,15,16)(H2,17,18,19). The molecular weight excluding hydrogens is 263 g/mol. The fourth-order valence-electron chi connectivity index (χ4n) is 1.12. The summed E-state index contributed by atoms with van der Waals surface area (Å²) >= 11 is 0. The molecule has 106 valence electrons. The minimum Gasteiger partial charge on any atom is -0.354 e. The zero-order valence-corrected chi connectivity index (χ0v) is 10.00. The van der Waals surface area contributed by atoms with Crippen LogP contribution in [0.5, 0.6) is 0 Å². The third-order valence-corrected chi connectivity index (χ3v) is 1.94. The van der Waals surface area contributed by atoms with Crippen molar-refractivity contribution in [3.05, 3.63) is 18.5 Å². The molecule has 0 aliphatic rings. The van der Waals surface area contributed by atoms with E-state index in [4.69, 9.17) is 0 Å². The number of anilines is 1. The lowest BCUT2D eigenvalue weighted by atomic mass is 10.4. The topological polar surface area (TPSA) is 78.9 Å². The summed E-state index contributed by atoms with van der Waals surface area (Å²) in [6.07, 6.45) is -0.697. The van der Waals surface area contributed by atoms with Crippen molar-refractivity contribution >= 4 is 12.0 Å². The number of rotatable bonds is 6. The van der Waals surface area contributed by atoms with Crippen molar-refractivity contribution in [3.63, 3.8) is 0 Å². The van der Waals surface area contributed by atoms with E-state index in [1.165, 1.54) is 0 Å². The first-order valence-electron chi connectivity index (χ1n) is 5.57. The summed E-state index contributed by atoms with van der Waals surface area (Å²) in [5, 5.41) is 6.92. The number of carbonyl (C=O) groups is 1. The zero-order valence-electron chi connectivity index (χ0n) is 10.00. The molecule has 0 radical (unpaired) electrons. The van der Waals surface area contributed by atoms with Crippen molar-refractivity contribution in [2.24, 2.45) is 0 Å². The van der Waals surface area contributed by atoms with Gasteiger partial charge >= 0.3 is 12.2 Å². The van der Waals surface area contributed by atoms with Crippen molar-refractivity contribution in [3.8, 4) is 0 Å². The first-order chi connectivity index (χ1) is 8.97. The highest BCUT2D eigenvalue weighted by molar-refractivity contribution is 5.73. The van der Waals surface area contributed by atoms with E-state index >= 15 is 0 Å². The van der Waals surface area contributed by atoms with E-state index in [9.17, 15) is 18.0 Å². The summed E-state index contributed by atoms with van der Waals surface area (Å²) in [5.74, 6) is 0.462. The average molecular weight is 277 g/mol. The number of amides is 2. The number of aromatic nitrogens is 2. The highest BCUT2D eigenvalue weighted by atomic mass is 19.4. The smallest absolute Gasteiger partial charge is 0.354 e. The van der Waals surface area contributed by atoms with Gasteiger partial charge in [-0.25, -0.2) is 14.8 Å². The number of nitrogens with zero attached hydrogens (tertiary/aromatic N) is 2. The van der Waals surface area contributed by atoms with Crippen LogP contribution in [-0.4, -0.2) is 41.8 Å². The number of nitrogens with one attached hydrogen (secondary N) is 3. The number of urea groups is 1. The summed E-state index contributed by atoms with van der Waals surface area (Å²) in [7, 11) is 0. The Labute approximate surface area is 107 Å². The van der Waals surface area contributed by atoms with Crippen LogP contribution in [0, 0.1) is 0 Å². The van der Waals surface area contributed by atoms with Gasteiger partial charge in [0.15, 0.2) is 0 Å². The Kier molecular flexibility index (Phi) is 5.83. The molecule has 0 fully saturated rings. The Morgan fingerprint density at radius 2 is 1.84 bits per heavy atom. The summed E-state index contributed by atoms with van der Waals surface area (Å²) in [4.78, 5) is 18.8. The van der Waals surface area contributed by atoms with Gasteiger partial charge in [-0.3, -0.25) is 0 Å². The predicted octanol–water partition coefficient (Wildman–Crippen LogP) is 1.14. The van der Waals surface area contributed by atoms with E-state index in [-0.39, 0.29) is 6.54 Å². The number of carbonyl (C=O) groups excluding carboxylic acids is 1. The van der Waals surface area contributed by atoms with Gasteiger partial charge in [-0.2, -0.15) is 13.2 Å². The Morgan fingerprint density at radius 1 is 1.16 bits per heavy atom. The summed E-state index contributed by atoms with van der Waals surface area (Å²) in [6.45, 7) is -0.581. The first-order valence-corrected chi connectivity index (χ1v) is 5.57. The summed E-state index contributed by atoms with van der Waals surface area (Å²) in [5.41, 5.74) is 0. The normalized spacial score (nSPS) is 10.9. The van der Waals surface area contributed by atoms with E-state index in [1.807, 2.05) is 0 Å². The number of hydrogen-bond donors (Lipinski definition) is 3. The highest BCUT2D eigenvalue weighted by Crippen LogP contribution is 2.11. The molecule has 0 saturated heterocycles. The van der Waals surface area contributed by atoms with Gasteiger partial charge in [-0.15, -0.1) is 0 Å². The summed E-state index contributed by atoms with van der Waals surface area (Å²) < 4.78 is 35.3. The minimum absolute atomic E-state index is 0.253. The van der Waals surface area contributed by atoms with Gasteiger partial charge in [-0.05, 0) is 12.5 Å². The van der Waals surface area contributed by atoms with Crippen molar-refractivity contribution in [2.45, 2.75) is 12.6 Å². The second-order valence-electron chi connectivity index (χ2n) is 3.58. The lowest BCUT2D eigenvalue weighted by molar-refractivity contribution is -0.122. The van der Waals surface area contributed by atoms with Crippen molar-refractivity contribution in [1.82, 2.24) is 20.6 Å². The molecule has 0 aliphatic heterocycles. The highest BCUT2D eigenvalue weighted by Gasteiger charge is 2.27. The molecule has 2 amide bonds. The molecule has 0 saturated carbocycles. The first kappa shape index (κ1) is 15.0. The second-order valence-corrected chi connectivity index (χ2v) is 3.58. The number of halogens is 3. The van der Waals surface area contributed by atoms with E-state index in [1.54, 1.807) is 23.8 Å². The Balaban J connectivity index is 2.03. The van der Waals surface area contributed by atoms with Crippen molar-refractivity contribution in [2.75, 3.05) is 25.0 Å². The van der Waals surface area contributed by atoms with Crippen LogP contribution in [0.4, 0.5) is 23.9 Å². The molecule has 0 bridgehead atoms. The molecular formula is C10H14F3N5O. The molecule has 1 aromatic rings. The fourth-order valence-corrected chi connectivity index (χ4v) is 1.12. The van der Waals surface area contributed by atoms with Crippen molar-refractivity contribution in [1.29, 1.82) is 0 Å². The van der Waals surface area contributed by atoms with Crippen LogP contribution in [-0.2, 0) is 0 Å². The van der Waals surface area contributed by atoms with Gasteiger partial charge < -0.3 is 16.0 Å². The third-order valence-electron chi connectivity index (χ3n) is 1.94. The third kappa shape index (κ3) is 7.79. The van der Waals surface area contributed by atoms with Crippen LogP contribution in [0.1, 0.15) is 6.42 Å². The van der Waals surface area contributed by atoms with E-state index in [0.29, 0.717) is 18.9 Å². The largest absolute Gasteiger partial charge is 0.405 e. The maximum atomic E-state index is 11.8. The number of alkyl halides is 3.